The van der Waals surface area contributed by atoms with Crippen LogP contribution in [0.4, 0.5) is 4.79 Å². The molecule has 114 valence electrons. The van der Waals surface area contributed by atoms with Gasteiger partial charge in [0.25, 0.3) is 5.91 Å². The molecule has 0 aromatic carbocycles. The van der Waals surface area contributed by atoms with Crippen LogP contribution in [0.2, 0.25) is 0 Å². The van der Waals surface area contributed by atoms with E-state index >= 15 is 0 Å². The zero-order chi connectivity index (χ0) is 15.7. The van der Waals surface area contributed by atoms with Gasteiger partial charge in [0.2, 0.25) is 0 Å². The van der Waals surface area contributed by atoms with Crippen LogP contribution in [0.3, 0.4) is 0 Å². The molecule has 0 heterocycles. The monoisotopic (exact) mass is 286 g/mol. The van der Waals surface area contributed by atoms with Crippen molar-refractivity contribution in [2.75, 3.05) is 6.61 Å². The Bertz CT molecular complexity index is 368. The first-order valence-corrected chi connectivity index (χ1v) is 6.32. The fourth-order valence-corrected chi connectivity index (χ4v) is 1.12. The van der Waals surface area contributed by atoms with Gasteiger partial charge in [-0.1, -0.05) is 6.08 Å². The molecule has 2 N–H and O–H groups in total. The van der Waals surface area contributed by atoms with Gasteiger partial charge in [0.1, 0.15) is 0 Å². The van der Waals surface area contributed by atoms with Crippen LogP contribution in [0.1, 0.15) is 27.7 Å². The van der Waals surface area contributed by atoms with Gasteiger partial charge in [0, 0.05) is 6.04 Å². The van der Waals surface area contributed by atoms with Crippen molar-refractivity contribution in [1.82, 2.24) is 10.6 Å². The number of rotatable bonds is 7. The van der Waals surface area contributed by atoms with Gasteiger partial charge in [-0.25, -0.2) is 9.59 Å². The summed E-state index contributed by atoms with van der Waals surface area (Å²) in [5.41, 5.74) is 0. The highest BCUT2D eigenvalue weighted by atomic mass is 16.6. The van der Waals surface area contributed by atoms with Crippen LogP contribution in [0, 0.1) is 0 Å². The topological polar surface area (TPSA) is 93.7 Å². The van der Waals surface area contributed by atoms with Crippen molar-refractivity contribution >= 4 is 17.9 Å². The lowest BCUT2D eigenvalue weighted by Gasteiger charge is -2.16. The molecule has 2 atom stereocenters. The number of hydrogen-bond donors (Lipinski definition) is 2. The number of esters is 1. The third-order valence-corrected chi connectivity index (χ3v) is 2.11. The fourth-order valence-electron chi connectivity index (χ4n) is 1.12. The van der Waals surface area contributed by atoms with Crippen LogP contribution in [0.15, 0.2) is 12.7 Å². The van der Waals surface area contributed by atoms with E-state index in [1.165, 1.54) is 19.9 Å². The van der Waals surface area contributed by atoms with Crippen LogP contribution < -0.4 is 10.6 Å². The molecule has 3 amide bonds. The molecule has 0 aliphatic heterocycles. The number of carbonyl (C=O) groups is 3. The van der Waals surface area contributed by atoms with Crippen LogP contribution in [0.25, 0.3) is 0 Å². The fraction of sp³-hybridized carbons (Fsp3) is 0.615. The zero-order valence-corrected chi connectivity index (χ0v) is 12.3. The third-order valence-electron chi connectivity index (χ3n) is 2.11. The van der Waals surface area contributed by atoms with Crippen LogP contribution in [-0.4, -0.2) is 42.8 Å². The van der Waals surface area contributed by atoms with Crippen molar-refractivity contribution in [3.05, 3.63) is 12.7 Å². The summed E-state index contributed by atoms with van der Waals surface area (Å²) in [6, 6.07) is -0.739. The number of carbonyl (C=O) groups excluding carboxylic acids is 3. The maximum atomic E-state index is 11.6. The van der Waals surface area contributed by atoms with E-state index < -0.39 is 30.1 Å². The van der Waals surface area contributed by atoms with E-state index in [2.05, 4.69) is 17.2 Å². The molecule has 0 fully saturated rings. The predicted molar refractivity (Wildman–Crippen MR) is 73.0 cm³/mol. The second-order valence-electron chi connectivity index (χ2n) is 4.46. The maximum absolute atomic E-state index is 11.6. The lowest BCUT2D eigenvalue weighted by molar-refractivity contribution is -0.164. The molecule has 0 rings (SSSR count). The first-order valence-electron chi connectivity index (χ1n) is 6.32. The second-order valence-corrected chi connectivity index (χ2v) is 4.46. The molecule has 2 unspecified atom stereocenters. The van der Waals surface area contributed by atoms with E-state index in [-0.39, 0.29) is 12.6 Å². The number of amides is 3. The number of nitrogens with one attached hydrogen (secondary N) is 2. The molecule has 0 spiro atoms. The smallest absolute Gasteiger partial charge is 0.335 e. The number of urea groups is 1. The van der Waals surface area contributed by atoms with Crippen molar-refractivity contribution in [3.8, 4) is 0 Å². The molecule has 0 radical (unpaired) electrons. The van der Waals surface area contributed by atoms with E-state index in [4.69, 9.17) is 9.47 Å². The van der Waals surface area contributed by atoms with Crippen LogP contribution >= 0.6 is 0 Å². The quantitative estimate of drug-likeness (QED) is 0.532. The summed E-state index contributed by atoms with van der Waals surface area (Å²) >= 11 is 0. The Hall–Kier alpha value is -1.89. The van der Waals surface area contributed by atoms with Gasteiger partial charge in [-0.05, 0) is 27.7 Å². The molecule has 0 aliphatic carbocycles. The van der Waals surface area contributed by atoms with Gasteiger partial charge < -0.3 is 14.8 Å². The Morgan fingerprint density at radius 2 is 1.75 bits per heavy atom. The molecule has 20 heavy (non-hydrogen) atoms. The highest BCUT2D eigenvalue weighted by Gasteiger charge is 2.23. The summed E-state index contributed by atoms with van der Waals surface area (Å²) in [7, 11) is 0. The Kier molecular flexibility index (Phi) is 8.23. The highest BCUT2D eigenvalue weighted by molar-refractivity contribution is 5.97. The van der Waals surface area contributed by atoms with Gasteiger partial charge in [-0.2, -0.15) is 0 Å². The molecule has 0 bridgehead atoms. The SMILES string of the molecule is C=CCOC(C)C(=O)OC(C)C(=O)NC(=O)NC(C)C. The normalized spacial score (nSPS) is 13.2. The largest absolute Gasteiger partial charge is 0.451 e. The highest BCUT2D eigenvalue weighted by Crippen LogP contribution is 1.99. The van der Waals surface area contributed by atoms with E-state index in [0.717, 1.165) is 0 Å². The summed E-state index contributed by atoms with van der Waals surface area (Å²) in [5.74, 6) is -1.38. The van der Waals surface area contributed by atoms with Crippen molar-refractivity contribution in [1.29, 1.82) is 0 Å². The minimum absolute atomic E-state index is 0.104. The summed E-state index contributed by atoms with van der Waals surface area (Å²) < 4.78 is 9.95. The molecule has 7 heteroatoms. The first kappa shape index (κ1) is 18.1. The Balaban J connectivity index is 4.21. The van der Waals surface area contributed by atoms with Crippen LogP contribution in [0.5, 0.6) is 0 Å². The summed E-state index contributed by atoms with van der Waals surface area (Å²) in [6.45, 7) is 10.0. The van der Waals surface area contributed by atoms with E-state index in [9.17, 15) is 14.4 Å². The van der Waals surface area contributed by atoms with Crippen molar-refractivity contribution < 1.29 is 23.9 Å². The Morgan fingerprint density at radius 1 is 1.15 bits per heavy atom. The molecular formula is C13H22N2O5. The Labute approximate surface area is 118 Å². The summed E-state index contributed by atoms with van der Waals surface area (Å²) in [5, 5.41) is 4.56. The van der Waals surface area contributed by atoms with Crippen molar-refractivity contribution in [2.24, 2.45) is 0 Å². The number of imide groups is 1. The van der Waals surface area contributed by atoms with Crippen LogP contribution in [-0.2, 0) is 19.1 Å². The molecular weight excluding hydrogens is 264 g/mol. The average Bonchev–Trinajstić information content (AvgIpc) is 2.34. The standard InChI is InChI=1S/C13H22N2O5/c1-6-7-19-10(5)12(17)20-9(4)11(16)15-13(18)14-8(2)3/h6,8-10H,1,7H2,2-5H3,(H2,14,15,16,18). The van der Waals surface area contributed by atoms with Gasteiger partial charge in [0.05, 0.1) is 6.61 Å². The molecule has 0 aliphatic rings. The first-order chi connectivity index (χ1) is 9.27. The average molecular weight is 286 g/mol. The lowest BCUT2D eigenvalue weighted by atomic mass is 10.3. The van der Waals surface area contributed by atoms with E-state index in [1.54, 1.807) is 13.8 Å². The van der Waals surface area contributed by atoms with Crippen molar-refractivity contribution in [3.63, 3.8) is 0 Å². The van der Waals surface area contributed by atoms with Gasteiger partial charge in [-0.3, -0.25) is 10.1 Å². The van der Waals surface area contributed by atoms with E-state index in [0.29, 0.717) is 0 Å². The number of ether oxygens (including phenoxy) is 2. The summed E-state index contributed by atoms with van der Waals surface area (Å²) in [6.07, 6.45) is -0.404. The molecule has 0 aromatic rings. The maximum Gasteiger partial charge on any atom is 0.335 e. The van der Waals surface area contributed by atoms with Gasteiger partial charge in [-0.15, -0.1) is 6.58 Å². The third kappa shape index (κ3) is 7.52. The lowest BCUT2D eigenvalue weighted by Crippen LogP contribution is -2.47. The predicted octanol–water partition coefficient (Wildman–Crippen LogP) is 0.743. The van der Waals surface area contributed by atoms with Crippen molar-refractivity contribution in [2.45, 2.75) is 45.9 Å². The minimum Gasteiger partial charge on any atom is -0.451 e. The van der Waals surface area contributed by atoms with Gasteiger partial charge >= 0.3 is 12.0 Å². The molecule has 0 aromatic heterocycles. The molecule has 0 saturated heterocycles. The van der Waals surface area contributed by atoms with E-state index in [1.807, 2.05) is 0 Å². The summed E-state index contributed by atoms with van der Waals surface area (Å²) in [4.78, 5) is 34.5. The zero-order valence-electron chi connectivity index (χ0n) is 12.3. The molecule has 0 saturated carbocycles. The second kappa shape index (κ2) is 9.08. The Morgan fingerprint density at radius 3 is 2.25 bits per heavy atom. The minimum atomic E-state index is -1.09. The van der Waals surface area contributed by atoms with Gasteiger partial charge in [0.15, 0.2) is 12.2 Å². The number of hydrogen-bond acceptors (Lipinski definition) is 5. The molecule has 7 nitrogen and oxygen atoms in total.